The summed E-state index contributed by atoms with van der Waals surface area (Å²) in [6, 6.07) is 0. The summed E-state index contributed by atoms with van der Waals surface area (Å²) in [5.41, 5.74) is 1.05. The lowest BCUT2D eigenvalue weighted by Crippen LogP contribution is -1.97. The first kappa shape index (κ1) is 10.2. The van der Waals surface area contributed by atoms with Crippen LogP contribution in [-0.4, -0.2) is 16.1 Å². The van der Waals surface area contributed by atoms with Gasteiger partial charge in [-0.1, -0.05) is 6.42 Å². The molecule has 2 rings (SSSR count). The van der Waals surface area contributed by atoms with Crippen molar-refractivity contribution in [3.8, 4) is 0 Å². The Hall–Kier alpha value is -1.32. The van der Waals surface area contributed by atoms with Gasteiger partial charge in [-0.05, 0) is 19.3 Å². The Morgan fingerprint density at radius 2 is 2.13 bits per heavy atom. The third kappa shape index (κ3) is 2.58. The minimum atomic E-state index is -0.802. The van der Waals surface area contributed by atoms with Gasteiger partial charge in [-0.3, -0.25) is 4.79 Å². The van der Waals surface area contributed by atoms with Crippen LogP contribution in [-0.2, 0) is 24.1 Å². The Morgan fingerprint density at radius 3 is 2.93 bits per heavy atom. The van der Waals surface area contributed by atoms with Crippen LogP contribution in [0.2, 0.25) is 0 Å². The largest absolute Gasteiger partial charge is 0.481 e. The highest BCUT2D eigenvalue weighted by Gasteiger charge is 2.15. The van der Waals surface area contributed by atoms with Crippen LogP contribution < -0.4 is 0 Å². The third-order valence-corrected chi connectivity index (χ3v) is 2.69. The minimum Gasteiger partial charge on any atom is -0.481 e. The molecule has 82 valence electrons. The molecule has 0 aliphatic heterocycles. The normalized spacial score (nSPS) is 15.7. The van der Waals surface area contributed by atoms with Gasteiger partial charge in [-0.15, -0.1) is 0 Å². The number of rotatable bonds is 3. The molecule has 4 heteroatoms. The van der Waals surface area contributed by atoms with Crippen molar-refractivity contribution in [3.63, 3.8) is 0 Å². The number of nitrogens with zero attached hydrogens (tertiary/aromatic N) is 1. The summed E-state index contributed by atoms with van der Waals surface area (Å²) in [7, 11) is 0. The predicted molar refractivity (Wildman–Crippen MR) is 53.7 cm³/mol. The van der Waals surface area contributed by atoms with Gasteiger partial charge in [0.05, 0.1) is 12.1 Å². The fourth-order valence-corrected chi connectivity index (χ4v) is 1.90. The van der Waals surface area contributed by atoms with Gasteiger partial charge in [0.15, 0.2) is 5.89 Å². The number of oxazole rings is 1. The molecular formula is C11H15NO3. The average molecular weight is 209 g/mol. The van der Waals surface area contributed by atoms with Crippen molar-refractivity contribution in [2.45, 2.75) is 44.9 Å². The maximum atomic E-state index is 10.4. The van der Waals surface area contributed by atoms with Crippen LogP contribution in [0.4, 0.5) is 0 Å². The standard InChI is InChI=1S/C11H15NO3/c13-11(14)7-6-10-12-8-4-2-1-3-5-9(8)15-10/h1-7H2,(H,13,14). The average Bonchev–Trinajstić information content (AvgIpc) is 2.46. The summed E-state index contributed by atoms with van der Waals surface area (Å²) in [6.07, 6.45) is 5.98. The van der Waals surface area contributed by atoms with Crippen LogP contribution in [0.5, 0.6) is 0 Å². The summed E-state index contributed by atoms with van der Waals surface area (Å²) < 4.78 is 5.56. The zero-order valence-electron chi connectivity index (χ0n) is 8.66. The molecule has 1 heterocycles. The van der Waals surface area contributed by atoms with E-state index in [0.29, 0.717) is 12.3 Å². The van der Waals surface area contributed by atoms with Crippen LogP contribution in [0, 0.1) is 0 Å². The highest BCUT2D eigenvalue weighted by atomic mass is 16.4. The molecule has 0 aromatic carbocycles. The number of hydrogen-bond acceptors (Lipinski definition) is 3. The third-order valence-electron chi connectivity index (χ3n) is 2.69. The molecule has 1 aliphatic carbocycles. The van der Waals surface area contributed by atoms with E-state index < -0.39 is 5.97 Å². The van der Waals surface area contributed by atoms with Gasteiger partial charge in [0.2, 0.25) is 0 Å². The zero-order chi connectivity index (χ0) is 10.7. The van der Waals surface area contributed by atoms with E-state index in [-0.39, 0.29) is 6.42 Å². The van der Waals surface area contributed by atoms with E-state index in [2.05, 4.69) is 4.98 Å². The smallest absolute Gasteiger partial charge is 0.303 e. The molecular weight excluding hydrogens is 194 g/mol. The van der Waals surface area contributed by atoms with Crippen LogP contribution in [0.15, 0.2) is 4.42 Å². The molecule has 0 saturated carbocycles. The first-order valence-electron chi connectivity index (χ1n) is 5.45. The van der Waals surface area contributed by atoms with Gasteiger partial charge in [-0.25, -0.2) is 4.98 Å². The number of aryl methyl sites for hydroxylation is 3. The Kier molecular flexibility index (Phi) is 3.04. The quantitative estimate of drug-likeness (QED) is 0.773. The van der Waals surface area contributed by atoms with Crippen molar-refractivity contribution in [2.24, 2.45) is 0 Å². The number of aliphatic carboxylic acids is 1. The Labute approximate surface area is 88.3 Å². The van der Waals surface area contributed by atoms with Gasteiger partial charge in [0.1, 0.15) is 5.76 Å². The lowest BCUT2D eigenvalue weighted by molar-refractivity contribution is -0.137. The summed E-state index contributed by atoms with van der Waals surface area (Å²) in [5.74, 6) is 0.764. The molecule has 1 aromatic heterocycles. The Bertz CT molecular complexity index is 333. The Morgan fingerprint density at radius 1 is 1.33 bits per heavy atom. The maximum absolute atomic E-state index is 10.4. The molecule has 0 fully saturated rings. The van der Waals surface area contributed by atoms with Gasteiger partial charge in [-0.2, -0.15) is 0 Å². The lowest BCUT2D eigenvalue weighted by atomic mass is 10.2. The van der Waals surface area contributed by atoms with Crippen molar-refractivity contribution in [2.75, 3.05) is 0 Å². The zero-order valence-corrected chi connectivity index (χ0v) is 8.66. The molecule has 0 saturated heterocycles. The summed E-state index contributed by atoms with van der Waals surface area (Å²) in [5, 5.41) is 8.55. The number of carboxylic acid groups (broad SMARTS) is 1. The topological polar surface area (TPSA) is 63.3 Å². The number of fused-ring (bicyclic) bond motifs is 1. The van der Waals surface area contributed by atoms with E-state index in [1.165, 1.54) is 6.42 Å². The van der Waals surface area contributed by atoms with Gasteiger partial charge < -0.3 is 9.52 Å². The fraction of sp³-hybridized carbons (Fsp3) is 0.636. The second-order valence-electron chi connectivity index (χ2n) is 3.93. The molecule has 1 N–H and O–H groups in total. The van der Waals surface area contributed by atoms with Crippen molar-refractivity contribution in [1.82, 2.24) is 4.98 Å². The number of aromatic nitrogens is 1. The first-order valence-corrected chi connectivity index (χ1v) is 5.45. The molecule has 0 spiro atoms. The number of carbonyl (C=O) groups is 1. The highest BCUT2D eigenvalue weighted by Crippen LogP contribution is 2.21. The van der Waals surface area contributed by atoms with Crippen molar-refractivity contribution in [1.29, 1.82) is 0 Å². The molecule has 0 unspecified atom stereocenters. The fourth-order valence-electron chi connectivity index (χ4n) is 1.90. The van der Waals surface area contributed by atoms with E-state index in [1.54, 1.807) is 0 Å². The van der Waals surface area contributed by atoms with Crippen LogP contribution in [0.25, 0.3) is 0 Å². The van der Waals surface area contributed by atoms with E-state index in [4.69, 9.17) is 9.52 Å². The lowest BCUT2D eigenvalue weighted by Gasteiger charge is -1.93. The summed E-state index contributed by atoms with van der Waals surface area (Å²) in [6.45, 7) is 0. The molecule has 0 radical (unpaired) electrons. The SMILES string of the molecule is O=C(O)CCc1nc2c(o1)CCCCC2. The number of carboxylic acids is 1. The van der Waals surface area contributed by atoms with Gasteiger partial charge in [0.25, 0.3) is 0 Å². The van der Waals surface area contributed by atoms with Crippen LogP contribution in [0.1, 0.15) is 43.0 Å². The minimum absolute atomic E-state index is 0.0966. The molecule has 0 amide bonds. The van der Waals surface area contributed by atoms with Crippen molar-refractivity contribution in [3.05, 3.63) is 17.3 Å². The van der Waals surface area contributed by atoms with E-state index in [9.17, 15) is 4.79 Å². The molecule has 0 atom stereocenters. The van der Waals surface area contributed by atoms with Crippen molar-refractivity contribution < 1.29 is 14.3 Å². The van der Waals surface area contributed by atoms with Gasteiger partial charge >= 0.3 is 5.97 Å². The molecule has 15 heavy (non-hydrogen) atoms. The Balaban J connectivity index is 2.05. The summed E-state index contributed by atoms with van der Waals surface area (Å²) >= 11 is 0. The number of hydrogen-bond donors (Lipinski definition) is 1. The predicted octanol–water partition coefficient (Wildman–Crippen LogP) is 1.96. The van der Waals surface area contributed by atoms with Gasteiger partial charge in [0, 0.05) is 12.8 Å². The maximum Gasteiger partial charge on any atom is 0.303 e. The van der Waals surface area contributed by atoms with E-state index >= 15 is 0 Å². The molecule has 0 bridgehead atoms. The first-order chi connectivity index (χ1) is 7.25. The second kappa shape index (κ2) is 4.47. The molecule has 1 aromatic rings. The van der Waals surface area contributed by atoms with Crippen LogP contribution >= 0.6 is 0 Å². The van der Waals surface area contributed by atoms with Crippen molar-refractivity contribution >= 4 is 5.97 Å². The van der Waals surface area contributed by atoms with E-state index in [0.717, 1.165) is 37.1 Å². The molecule has 1 aliphatic rings. The second-order valence-corrected chi connectivity index (χ2v) is 3.93. The monoisotopic (exact) mass is 209 g/mol. The summed E-state index contributed by atoms with van der Waals surface area (Å²) in [4.78, 5) is 14.8. The highest BCUT2D eigenvalue weighted by molar-refractivity contribution is 5.66. The van der Waals surface area contributed by atoms with E-state index in [1.807, 2.05) is 0 Å². The van der Waals surface area contributed by atoms with Crippen LogP contribution in [0.3, 0.4) is 0 Å². The molecule has 4 nitrogen and oxygen atoms in total.